The first-order valence-electron chi connectivity index (χ1n) is 9.40. The van der Waals surface area contributed by atoms with E-state index in [1.165, 1.54) is 49.0 Å². The highest BCUT2D eigenvalue weighted by Gasteiger charge is 2.33. The van der Waals surface area contributed by atoms with Crippen molar-refractivity contribution in [3.05, 3.63) is 60.3 Å². The molecule has 32 heavy (non-hydrogen) atoms. The predicted molar refractivity (Wildman–Crippen MR) is 110 cm³/mol. The molecule has 0 amide bonds. The van der Waals surface area contributed by atoms with Gasteiger partial charge in [0.25, 0.3) is 0 Å². The van der Waals surface area contributed by atoms with Crippen molar-refractivity contribution < 1.29 is 26.0 Å². The summed E-state index contributed by atoms with van der Waals surface area (Å²) in [5.41, 5.74) is -0.0325. The molecule has 166 valence electrons. The molecule has 3 aromatic heterocycles. The van der Waals surface area contributed by atoms with Crippen LogP contribution in [0.3, 0.4) is 0 Å². The van der Waals surface area contributed by atoms with Gasteiger partial charge in [0.2, 0.25) is 0 Å². The topological polar surface area (TPSA) is 77.7 Å². The van der Waals surface area contributed by atoms with Crippen LogP contribution in [0.2, 0.25) is 0 Å². The lowest BCUT2D eigenvalue weighted by atomic mass is 10.1. The minimum Gasteiger partial charge on any atom is -0.324 e. The average Bonchev–Trinajstić information content (AvgIpc) is 3.08. The molecular weight excluding hydrogens is 448 g/mol. The Morgan fingerprint density at radius 1 is 1.03 bits per heavy atom. The van der Waals surface area contributed by atoms with Gasteiger partial charge in [-0.3, -0.25) is 4.98 Å². The summed E-state index contributed by atoms with van der Waals surface area (Å²) in [6.07, 6.45) is -2.24. The fourth-order valence-corrected chi connectivity index (χ4v) is 4.34. The third kappa shape index (κ3) is 3.83. The molecular formula is C21H16F4N4O2S. The summed E-state index contributed by atoms with van der Waals surface area (Å²) in [5.74, 6) is -0.661. The van der Waals surface area contributed by atoms with Crippen LogP contribution in [-0.4, -0.2) is 33.7 Å². The largest absolute Gasteiger partial charge is 0.433 e. The van der Waals surface area contributed by atoms with Crippen molar-refractivity contribution in [3.8, 4) is 22.6 Å². The smallest absolute Gasteiger partial charge is 0.324 e. The maximum atomic E-state index is 13.6. The lowest BCUT2D eigenvalue weighted by Crippen LogP contribution is -2.09. The van der Waals surface area contributed by atoms with Crippen molar-refractivity contribution in [1.82, 2.24) is 19.5 Å². The summed E-state index contributed by atoms with van der Waals surface area (Å²) in [5, 5.41) is 0. The maximum absolute atomic E-state index is 13.6. The summed E-state index contributed by atoms with van der Waals surface area (Å²) < 4.78 is 79.9. The number of nitrogens with zero attached hydrogens (tertiary/aromatic N) is 4. The molecule has 4 rings (SSSR count). The summed E-state index contributed by atoms with van der Waals surface area (Å²) in [4.78, 5) is 11.8. The average molecular weight is 464 g/mol. The summed E-state index contributed by atoms with van der Waals surface area (Å²) in [6, 6.07) is 7.78. The van der Waals surface area contributed by atoms with Gasteiger partial charge in [0.1, 0.15) is 17.2 Å². The molecule has 11 heteroatoms. The Morgan fingerprint density at radius 2 is 1.78 bits per heavy atom. The second kappa shape index (κ2) is 7.66. The Kier molecular flexibility index (Phi) is 5.24. The molecule has 0 saturated carbocycles. The van der Waals surface area contributed by atoms with Gasteiger partial charge in [-0.2, -0.15) is 13.2 Å². The molecule has 1 aromatic carbocycles. The van der Waals surface area contributed by atoms with Crippen LogP contribution in [-0.2, 0) is 23.1 Å². The summed E-state index contributed by atoms with van der Waals surface area (Å²) >= 11 is 0. The lowest BCUT2D eigenvalue weighted by molar-refractivity contribution is -0.141. The van der Waals surface area contributed by atoms with Crippen molar-refractivity contribution >= 4 is 20.9 Å². The van der Waals surface area contributed by atoms with Crippen LogP contribution < -0.4 is 0 Å². The highest BCUT2D eigenvalue weighted by molar-refractivity contribution is 7.91. The van der Waals surface area contributed by atoms with E-state index in [4.69, 9.17) is 0 Å². The number of rotatable bonds is 4. The number of imidazole rings is 1. The Morgan fingerprint density at radius 3 is 2.44 bits per heavy atom. The third-order valence-electron chi connectivity index (χ3n) is 5.00. The fraction of sp³-hybridized carbons (Fsp3) is 0.190. The zero-order valence-electron chi connectivity index (χ0n) is 16.9. The van der Waals surface area contributed by atoms with Crippen LogP contribution in [0.5, 0.6) is 0 Å². The van der Waals surface area contributed by atoms with E-state index >= 15 is 0 Å². The van der Waals surface area contributed by atoms with Gasteiger partial charge >= 0.3 is 6.18 Å². The fourth-order valence-electron chi connectivity index (χ4n) is 3.29. The van der Waals surface area contributed by atoms with Crippen molar-refractivity contribution in [1.29, 1.82) is 0 Å². The van der Waals surface area contributed by atoms with E-state index in [1.54, 1.807) is 6.07 Å². The lowest BCUT2D eigenvalue weighted by Gasteiger charge is -2.11. The highest BCUT2D eigenvalue weighted by atomic mass is 32.2. The van der Waals surface area contributed by atoms with Gasteiger partial charge in [-0.25, -0.2) is 22.8 Å². The molecule has 0 N–H and O–H groups in total. The third-order valence-corrected chi connectivity index (χ3v) is 6.74. The number of hydrogen-bond donors (Lipinski definition) is 0. The zero-order chi connectivity index (χ0) is 23.3. The summed E-state index contributed by atoms with van der Waals surface area (Å²) in [7, 11) is -2.28. The van der Waals surface area contributed by atoms with Crippen LogP contribution in [0, 0.1) is 5.82 Å². The molecule has 0 bridgehead atoms. The van der Waals surface area contributed by atoms with Gasteiger partial charge in [0.05, 0.1) is 27.9 Å². The standard InChI is InChI=1S/C21H16F4N4O2S/c1-3-32(30,31)17-8-13(12-5-4-6-14(22)7-12)10-27-19(17)20-28-15-9-18(21(23,24)25)26-11-16(15)29(20)2/h4-11H,3H2,1-2H3. The van der Waals surface area contributed by atoms with E-state index in [2.05, 4.69) is 15.0 Å². The van der Waals surface area contributed by atoms with Gasteiger partial charge in [-0.15, -0.1) is 0 Å². The van der Waals surface area contributed by atoms with Gasteiger partial charge in [0.15, 0.2) is 15.7 Å². The van der Waals surface area contributed by atoms with E-state index in [0.717, 1.165) is 12.3 Å². The van der Waals surface area contributed by atoms with Crippen LogP contribution in [0.25, 0.3) is 33.7 Å². The number of aromatic nitrogens is 4. The monoisotopic (exact) mass is 464 g/mol. The molecule has 0 radical (unpaired) electrons. The minimum atomic E-state index is -4.65. The second-order valence-corrected chi connectivity index (χ2v) is 9.28. The first-order valence-corrected chi connectivity index (χ1v) is 11.1. The van der Waals surface area contributed by atoms with Crippen molar-refractivity contribution in [2.24, 2.45) is 7.05 Å². The number of aryl methyl sites for hydroxylation is 1. The Hall–Kier alpha value is -3.34. The van der Waals surface area contributed by atoms with Gasteiger partial charge in [-0.05, 0) is 29.8 Å². The minimum absolute atomic E-state index is 0.000628. The van der Waals surface area contributed by atoms with Gasteiger partial charge < -0.3 is 4.57 Å². The van der Waals surface area contributed by atoms with Gasteiger partial charge in [-0.1, -0.05) is 19.1 Å². The molecule has 0 atom stereocenters. The number of hydrogen-bond acceptors (Lipinski definition) is 5. The van der Waals surface area contributed by atoms with Crippen molar-refractivity contribution in [2.45, 2.75) is 18.0 Å². The van der Waals surface area contributed by atoms with Crippen molar-refractivity contribution in [3.63, 3.8) is 0 Å². The SMILES string of the molecule is CCS(=O)(=O)c1cc(-c2cccc(F)c2)cnc1-c1nc2cc(C(F)(F)F)ncc2n1C. The van der Waals surface area contributed by atoms with Crippen LogP contribution in [0.15, 0.2) is 53.7 Å². The first kappa shape index (κ1) is 21.9. The van der Waals surface area contributed by atoms with E-state index in [9.17, 15) is 26.0 Å². The predicted octanol–water partition coefficient (Wildman–Crippen LogP) is 4.65. The van der Waals surface area contributed by atoms with Crippen LogP contribution in [0.4, 0.5) is 17.6 Å². The molecule has 4 aromatic rings. The number of fused-ring (bicyclic) bond motifs is 1. The van der Waals surface area contributed by atoms with Gasteiger partial charge in [0, 0.05) is 18.8 Å². The molecule has 0 aliphatic heterocycles. The molecule has 0 saturated heterocycles. The van der Waals surface area contributed by atoms with E-state index in [1.807, 2.05) is 0 Å². The molecule has 0 aliphatic rings. The number of halogens is 4. The first-order chi connectivity index (χ1) is 15.0. The number of sulfone groups is 1. The van der Waals surface area contributed by atoms with E-state index in [-0.39, 0.29) is 33.2 Å². The number of alkyl halides is 3. The van der Waals surface area contributed by atoms with Crippen LogP contribution in [0.1, 0.15) is 12.6 Å². The molecule has 0 spiro atoms. The Bertz CT molecular complexity index is 1450. The maximum Gasteiger partial charge on any atom is 0.433 e. The Balaban J connectivity index is 1.95. The molecule has 0 fully saturated rings. The number of benzene rings is 1. The van der Waals surface area contributed by atoms with E-state index in [0.29, 0.717) is 11.1 Å². The van der Waals surface area contributed by atoms with E-state index < -0.39 is 27.5 Å². The normalized spacial score (nSPS) is 12.4. The van der Waals surface area contributed by atoms with Crippen molar-refractivity contribution in [2.75, 3.05) is 5.75 Å². The molecule has 3 heterocycles. The zero-order valence-corrected chi connectivity index (χ0v) is 17.7. The molecule has 0 unspecified atom stereocenters. The second-order valence-electron chi connectivity index (χ2n) is 7.03. The number of pyridine rings is 2. The molecule has 0 aliphatic carbocycles. The highest BCUT2D eigenvalue weighted by Crippen LogP contribution is 2.34. The Labute approximate surface area is 180 Å². The molecule has 6 nitrogen and oxygen atoms in total. The van der Waals surface area contributed by atoms with Crippen LogP contribution >= 0.6 is 0 Å². The summed E-state index contributed by atoms with van der Waals surface area (Å²) in [6.45, 7) is 1.46. The quantitative estimate of drug-likeness (QED) is 0.411.